The molecule has 150 valence electrons. The highest BCUT2D eigenvalue weighted by Crippen LogP contribution is 2.33. The predicted octanol–water partition coefficient (Wildman–Crippen LogP) is 4.75. The Morgan fingerprint density at radius 3 is 2.79 bits per heavy atom. The van der Waals surface area contributed by atoms with E-state index in [2.05, 4.69) is 31.1 Å². The Kier molecular flexibility index (Phi) is 6.04. The van der Waals surface area contributed by atoms with Crippen molar-refractivity contribution in [3.63, 3.8) is 0 Å². The van der Waals surface area contributed by atoms with Crippen LogP contribution in [0.5, 0.6) is 5.75 Å². The SMILES string of the molecule is O=C(NC1CCN(Cc2cc(Cl)c3cccnc3c2O)CC1)c1cccc(Br)c1. The lowest BCUT2D eigenvalue weighted by molar-refractivity contribution is 0.0908. The highest BCUT2D eigenvalue weighted by atomic mass is 79.9. The zero-order chi connectivity index (χ0) is 20.4. The Morgan fingerprint density at radius 1 is 1.24 bits per heavy atom. The molecule has 0 bridgehead atoms. The molecule has 2 N–H and O–H groups in total. The number of amides is 1. The van der Waals surface area contributed by atoms with E-state index in [9.17, 15) is 9.90 Å². The van der Waals surface area contributed by atoms with Crippen molar-refractivity contribution in [2.24, 2.45) is 0 Å². The molecule has 1 amide bonds. The monoisotopic (exact) mass is 473 g/mol. The zero-order valence-corrected chi connectivity index (χ0v) is 18.1. The largest absolute Gasteiger partial charge is 0.505 e. The van der Waals surface area contributed by atoms with Gasteiger partial charge in [0.2, 0.25) is 0 Å². The zero-order valence-electron chi connectivity index (χ0n) is 15.7. The van der Waals surface area contributed by atoms with Gasteiger partial charge >= 0.3 is 0 Å². The van der Waals surface area contributed by atoms with Gasteiger partial charge in [0, 0.05) is 52.9 Å². The van der Waals surface area contributed by atoms with Gasteiger partial charge in [-0.2, -0.15) is 0 Å². The van der Waals surface area contributed by atoms with Crippen LogP contribution in [0.4, 0.5) is 0 Å². The van der Waals surface area contributed by atoms with Gasteiger partial charge in [-0.15, -0.1) is 0 Å². The van der Waals surface area contributed by atoms with Crippen molar-refractivity contribution in [1.29, 1.82) is 0 Å². The van der Waals surface area contributed by atoms with E-state index in [1.165, 1.54) is 0 Å². The highest BCUT2D eigenvalue weighted by molar-refractivity contribution is 9.10. The molecule has 5 nitrogen and oxygen atoms in total. The van der Waals surface area contributed by atoms with E-state index >= 15 is 0 Å². The van der Waals surface area contributed by atoms with Gasteiger partial charge in [0.15, 0.2) is 0 Å². The second-order valence-corrected chi connectivity index (χ2v) is 8.62. The molecule has 0 atom stereocenters. The maximum absolute atomic E-state index is 12.4. The van der Waals surface area contributed by atoms with Gasteiger partial charge in [0.25, 0.3) is 5.91 Å². The average molecular weight is 475 g/mol. The number of aromatic hydroxyl groups is 1. The Hall–Kier alpha value is -2.15. The van der Waals surface area contributed by atoms with Crippen LogP contribution in [0, 0.1) is 0 Å². The van der Waals surface area contributed by atoms with E-state index in [0.29, 0.717) is 22.6 Å². The summed E-state index contributed by atoms with van der Waals surface area (Å²) in [6.45, 7) is 2.27. The van der Waals surface area contributed by atoms with Crippen molar-refractivity contribution in [3.05, 3.63) is 69.3 Å². The summed E-state index contributed by atoms with van der Waals surface area (Å²) in [5.41, 5.74) is 1.97. The van der Waals surface area contributed by atoms with E-state index < -0.39 is 0 Å². The minimum Gasteiger partial charge on any atom is -0.505 e. The second kappa shape index (κ2) is 8.69. The average Bonchev–Trinajstić information content (AvgIpc) is 2.73. The Labute approximate surface area is 182 Å². The van der Waals surface area contributed by atoms with E-state index in [0.717, 1.165) is 41.4 Å². The number of halogens is 2. The third kappa shape index (κ3) is 4.55. The molecule has 1 saturated heterocycles. The summed E-state index contributed by atoms with van der Waals surface area (Å²) < 4.78 is 0.892. The molecule has 1 fully saturated rings. The summed E-state index contributed by atoms with van der Waals surface area (Å²) >= 11 is 9.78. The quantitative estimate of drug-likeness (QED) is 0.573. The van der Waals surface area contributed by atoms with E-state index in [1.54, 1.807) is 12.3 Å². The third-order valence-corrected chi connectivity index (χ3v) is 6.10. The molecule has 0 unspecified atom stereocenters. The van der Waals surface area contributed by atoms with Crippen LogP contribution in [0.15, 0.2) is 53.1 Å². The molecular formula is C22H21BrClN3O2. The molecule has 1 aliphatic heterocycles. The molecule has 2 aromatic carbocycles. The molecule has 7 heteroatoms. The van der Waals surface area contributed by atoms with Gasteiger partial charge in [0.1, 0.15) is 11.3 Å². The number of nitrogens with zero attached hydrogens (tertiary/aromatic N) is 2. The Morgan fingerprint density at radius 2 is 2.03 bits per heavy atom. The number of rotatable bonds is 4. The van der Waals surface area contributed by atoms with E-state index in [4.69, 9.17) is 11.6 Å². The van der Waals surface area contributed by atoms with Gasteiger partial charge in [-0.25, -0.2) is 0 Å². The maximum Gasteiger partial charge on any atom is 0.251 e. The molecular weight excluding hydrogens is 454 g/mol. The first-order valence-corrected chi connectivity index (χ1v) is 10.7. The summed E-state index contributed by atoms with van der Waals surface area (Å²) in [6.07, 6.45) is 3.38. The summed E-state index contributed by atoms with van der Waals surface area (Å²) in [4.78, 5) is 19.0. The fraction of sp³-hybridized carbons (Fsp3) is 0.273. The van der Waals surface area contributed by atoms with Gasteiger partial charge in [0.05, 0.1) is 5.02 Å². The Balaban J connectivity index is 1.37. The third-order valence-electron chi connectivity index (χ3n) is 5.30. The fourth-order valence-electron chi connectivity index (χ4n) is 3.73. The first-order valence-electron chi connectivity index (χ1n) is 9.55. The van der Waals surface area contributed by atoms with Crippen molar-refractivity contribution in [2.45, 2.75) is 25.4 Å². The van der Waals surface area contributed by atoms with Gasteiger partial charge in [-0.1, -0.05) is 33.6 Å². The topological polar surface area (TPSA) is 65.5 Å². The Bertz CT molecular complexity index is 1050. The summed E-state index contributed by atoms with van der Waals surface area (Å²) in [6, 6.07) is 13.0. The van der Waals surface area contributed by atoms with Gasteiger partial charge in [-0.05, 0) is 49.2 Å². The first-order chi connectivity index (χ1) is 14.0. The van der Waals surface area contributed by atoms with E-state index in [1.807, 2.05) is 36.4 Å². The van der Waals surface area contributed by atoms with Crippen molar-refractivity contribution < 1.29 is 9.90 Å². The van der Waals surface area contributed by atoms with Crippen LogP contribution in [0.2, 0.25) is 5.02 Å². The second-order valence-electron chi connectivity index (χ2n) is 7.30. The molecule has 4 rings (SSSR count). The molecule has 1 aromatic heterocycles. The number of pyridine rings is 1. The number of nitrogens with one attached hydrogen (secondary N) is 1. The number of aromatic nitrogens is 1. The number of piperidine rings is 1. The van der Waals surface area contributed by atoms with Crippen LogP contribution in [-0.4, -0.2) is 40.0 Å². The number of hydrogen-bond donors (Lipinski definition) is 2. The van der Waals surface area contributed by atoms with Crippen molar-refractivity contribution in [1.82, 2.24) is 15.2 Å². The molecule has 0 radical (unpaired) electrons. The molecule has 2 heterocycles. The number of phenols is 1. The van der Waals surface area contributed by atoms with Crippen LogP contribution in [-0.2, 0) is 6.54 Å². The lowest BCUT2D eigenvalue weighted by Gasteiger charge is -2.32. The molecule has 0 aliphatic carbocycles. The standard InChI is InChI=1S/C22H21BrClN3O2/c23-16-4-1-3-14(11-16)22(29)26-17-6-9-27(10-7-17)13-15-12-19(24)18-5-2-8-25-20(18)21(15)28/h1-5,8,11-12,17,28H,6-7,9-10,13H2,(H,26,29). The molecule has 0 saturated carbocycles. The first kappa shape index (κ1) is 20.1. The molecule has 3 aromatic rings. The lowest BCUT2D eigenvalue weighted by Crippen LogP contribution is -2.44. The van der Waals surface area contributed by atoms with E-state index in [-0.39, 0.29) is 17.7 Å². The number of fused-ring (bicyclic) bond motifs is 1. The number of carbonyl (C=O) groups excluding carboxylic acids is 1. The van der Waals surface area contributed by atoms with Crippen LogP contribution < -0.4 is 5.32 Å². The lowest BCUT2D eigenvalue weighted by atomic mass is 10.0. The van der Waals surface area contributed by atoms with Crippen molar-refractivity contribution >= 4 is 44.3 Å². The normalized spacial score (nSPS) is 15.5. The maximum atomic E-state index is 12.4. The number of likely N-dealkylation sites (tertiary alicyclic amines) is 1. The molecule has 29 heavy (non-hydrogen) atoms. The van der Waals surface area contributed by atoms with Crippen molar-refractivity contribution in [2.75, 3.05) is 13.1 Å². The van der Waals surface area contributed by atoms with Gasteiger partial charge in [-0.3, -0.25) is 14.7 Å². The number of benzene rings is 2. The number of phenolic OH excluding ortho intramolecular Hbond substituents is 1. The predicted molar refractivity (Wildman–Crippen MR) is 118 cm³/mol. The number of carbonyl (C=O) groups is 1. The van der Waals surface area contributed by atoms with Gasteiger partial charge < -0.3 is 10.4 Å². The van der Waals surface area contributed by atoms with Crippen LogP contribution >= 0.6 is 27.5 Å². The summed E-state index contributed by atoms with van der Waals surface area (Å²) in [5, 5.41) is 15.1. The summed E-state index contributed by atoms with van der Waals surface area (Å²) in [7, 11) is 0. The van der Waals surface area contributed by atoms with Crippen LogP contribution in [0.3, 0.4) is 0 Å². The molecule has 1 aliphatic rings. The van der Waals surface area contributed by atoms with Crippen LogP contribution in [0.1, 0.15) is 28.8 Å². The highest BCUT2D eigenvalue weighted by Gasteiger charge is 2.23. The fourth-order valence-corrected chi connectivity index (χ4v) is 4.42. The smallest absolute Gasteiger partial charge is 0.251 e. The molecule has 0 spiro atoms. The summed E-state index contributed by atoms with van der Waals surface area (Å²) in [5.74, 6) is 0.143. The minimum absolute atomic E-state index is 0.0465. The van der Waals surface area contributed by atoms with Crippen molar-refractivity contribution in [3.8, 4) is 5.75 Å². The minimum atomic E-state index is -0.0465. The number of hydrogen-bond acceptors (Lipinski definition) is 4. The van der Waals surface area contributed by atoms with Crippen LogP contribution in [0.25, 0.3) is 10.9 Å².